The van der Waals surface area contributed by atoms with E-state index in [1.807, 2.05) is 47.7 Å². The molecule has 3 heterocycles. The highest BCUT2D eigenvalue weighted by Crippen LogP contribution is 2.39. The monoisotopic (exact) mass is 583 g/mol. The Labute approximate surface area is 257 Å². The van der Waals surface area contributed by atoms with Crippen LogP contribution >= 0.6 is 11.3 Å². The van der Waals surface area contributed by atoms with Crippen LogP contribution in [0.1, 0.15) is 22.9 Å². The summed E-state index contributed by atoms with van der Waals surface area (Å²) < 4.78 is 8.93. The zero-order chi connectivity index (χ0) is 29.0. The lowest BCUT2D eigenvalue weighted by molar-refractivity contribution is 0.649. The molecule has 0 aliphatic carbocycles. The molecule has 8 aromatic rings. The Morgan fingerprint density at radius 2 is 1.11 bits per heavy atom. The van der Waals surface area contributed by atoms with Crippen LogP contribution in [0.4, 0.5) is 0 Å². The highest BCUT2D eigenvalue weighted by molar-refractivity contribution is 7.25. The van der Waals surface area contributed by atoms with E-state index in [1.165, 1.54) is 31.3 Å². The van der Waals surface area contributed by atoms with Gasteiger partial charge in [0.05, 0.1) is 0 Å². The number of hydrogen-bond acceptors (Lipinski definition) is 5. The first kappa shape index (κ1) is 25.0. The summed E-state index contributed by atoms with van der Waals surface area (Å²) in [6.45, 7) is 0. The fourth-order valence-electron chi connectivity index (χ4n) is 6.19. The Balaban J connectivity index is 1.21. The van der Waals surface area contributed by atoms with Crippen LogP contribution in [0.15, 0.2) is 154 Å². The molecule has 0 bridgehead atoms. The van der Waals surface area contributed by atoms with Gasteiger partial charge >= 0.3 is 0 Å². The van der Waals surface area contributed by atoms with Crippen molar-refractivity contribution >= 4 is 65.1 Å². The number of amidine groups is 2. The number of nitrogens with one attached hydrogen (secondary N) is 1. The Bertz CT molecular complexity index is 2420. The van der Waals surface area contributed by atoms with Gasteiger partial charge in [-0.25, -0.2) is 9.98 Å². The van der Waals surface area contributed by atoms with Crippen molar-refractivity contribution < 1.29 is 4.42 Å². The molecule has 2 aromatic heterocycles. The molecule has 208 valence electrons. The molecule has 44 heavy (non-hydrogen) atoms. The summed E-state index contributed by atoms with van der Waals surface area (Å²) in [5.41, 5.74) is 7.10. The van der Waals surface area contributed by atoms with Crippen LogP contribution in [-0.4, -0.2) is 11.7 Å². The minimum Gasteiger partial charge on any atom is -0.456 e. The summed E-state index contributed by atoms with van der Waals surface area (Å²) >= 11 is 1.82. The Morgan fingerprint density at radius 1 is 0.500 bits per heavy atom. The molecule has 1 unspecified atom stereocenters. The number of aliphatic imine (C=N–C) groups is 2. The van der Waals surface area contributed by atoms with Gasteiger partial charge in [-0.1, -0.05) is 103 Å². The van der Waals surface area contributed by atoms with Crippen LogP contribution in [0.3, 0.4) is 0 Å². The predicted molar refractivity (Wildman–Crippen MR) is 184 cm³/mol. The summed E-state index contributed by atoms with van der Waals surface area (Å²) in [4.78, 5) is 10.3. The topological polar surface area (TPSA) is 49.9 Å². The van der Waals surface area contributed by atoms with Gasteiger partial charge in [0.1, 0.15) is 22.8 Å². The largest absolute Gasteiger partial charge is 0.456 e. The summed E-state index contributed by atoms with van der Waals surface area (Å²) in [6.07, 6.45) is -0.467. The number of fused-ring (bicyclic) bond motifs is 6. The van der Waals surface area contributed by atoms with E-state index in [1.54, 1.807) is 0 Å². The van der Waals surface area contributed by atoms with E-state index in [-0.39, 0.29) is 0 Å². The molecular formula is C39H25N3OS. The minimum atomic E-state index is -0.467. The molecule has 1 aliphatic rings. The summed E-state index contributed by atoms with van der Waals surface area (Å²) in [6, 6.07) is 48.6. The maximum Gasteiger partial charge on any atom is 0.173 e. The van der Waals surface area contributed by atoms with Gasteiger partial charge in [0.25, 0.3) is 0 Å². The summed E-state index contributed by atoms with van der Waals surface area (Å²) in [7, 11) is 0. The number of benzene rings is 6. The first-order chi connectivity index (χ1) is 21.8. The van der Waals surface area contributed by atoms with Crippen LogP contribution in [0.2, 0.25) is 0 Å². The van der Waals surface area contributed by atoms with Gasteiger partial charge in [0, 0.05) is 47.6 Å². The van der Waals surface area contributed by atoms with Crippen molar-refractivity contribution in [3.63, 3.8) is 0 Å². The third-order valence-corrected chi connectivity index (χ3v) is 9.50. The summed E-state index contributed by atoms with van der Waals surface area (Å²) in [5, 5.41) is 8.23. The van der Waals surface area contributed by atoms with Crippen molar-refractivity contribution in [3.05, 3.63) is 156 Å². The molecule has 9 rings (SSSR count). The van der Waals surface area contributed by atoms with Crippen molar-refractivity contribution in [1.29, 1.82) is 0 Å². The average molecular weight is 584 g/mol. The van der Waals surface area contributed by atoms with Gasteiger partial charge in [-0.05, 0) is 47.5 Å². The van der Waals surface area contributed by atoms with Crippen molar-refractivity contribution in [3.8, 4) is 11.1 Å². The van der Waals surface area contributed by atoms with Gasteiger partial charge in [0.2, 0.25) is 0 Å². The fraction of sp³-hybridized carbons (Fsp3) is 0.0256. The second kappa shape index (κ2) is 10.0. The molecule has 0 saturated heterocycles. The number of thiophene rings is 1. The standard InChI is InChI=1S/C39H25N3OS/c1-3-10-24(11-4-1)26-18-20-34-31(22-26)32-23-27(19-21-35(32)44-34)38-40-37(25-12-5-2-6-13-25)41-39(42-38)30-16-9-15-29-28-14-7-8-17-33(28)43-36(29)30/h1-23,39H,(H,40,41,42). The van der Waals surface area contributed by atoms with Gasteiger partial charge in [-0.2, -0.15) is 0 Å². The molecule has 1 aliphatic heterocycles. The average Bonchev–Trinajstić information content (AvgIpc) is 3.66. The second-order valence-electron chi connectivity index (χ2n) is 11.0. The quantitative estimate of drug-likeness (QED) is 0.224. The number of hydrogen-bond donors (Lipinski definition) is 1. The van der Waals surface area contributed by atoms with Crippen LogP contribution in [0.5, 0.6) is 0 Å². The lowest BCUT2D eigenvalue weighted by Crippen LogP contribution is -2.36. The molecule has 0 fully saturated rings. The van der Waals surface area contributed by atoms with Gasteiger partial charge in [-0.3, -0.25) is 0 Å². The van der Waals surface area contributed by atoms with Gasteiger partial charge in [0.15, 0.2) is 6.17 Å². The smallest absolute Gasteiger partial charge is 0.173 e. The number of furan rings is 1. The lowest BCUT2D eigenvalue weighted by Gasteiger charge is -2.22. The molecule has 5 heteroatoms. The van der Waals surface area contributed by atoms with Crippen molar-refractivity contribution in [2.24, 2.45) is 9.98 Å². The number of para-hydroxylation sites is 2. The van der Waals surface area contributed by atoms with Crippen LogP contribution in [0, 0.1) is 0 Å². The van der Waals surface area contributed by atoms with E-state index in [2.05, 4.69) is 108 Å². The molecule has 0 amide bonds. The second-order valence-corrected chi connectivity index (χ2v) is 12.1. The highest BCUT2D eigenvalue weighted by atomic mass is 32.1. The van der Waals surface area contributed by atoms with E-state index in [0.29, 0.717) is 0 Å². The zero-order valence-corrected chi connectivity index (χ0v) is 24.4. The fourth-order valence-corrected chi connectivity index (χ4v) is 7.25. The molecular weight excluding hydrogens is 559 g/mol. The number of nitrogens with zero attached hydrogens (tertiary/aromatic N) is 2. The lowest BCUT2D eigenvalue weighted by atomic mass is 10.0. The van der Waals surface area contributed by atoms with E-state index < -0.39 is 6.17 Å². The Kier molecular flexibility index (Phi) is 5.71. The van der Waals surface area contributed by atoms with E-state index >= 15 is 0 Å². The van der Waals surface area contributed by atoms with Crippen LogP contribution in [-0.2, 0) is 0 Å². The van der Waals surface area contributed by atoms with Crippen molar-refractivity contribution in [1.82, 2.24) is 5.32 Å². The minimum absolute atomic E-state index is 0.467. The third-order valence-electron chi connectivity index (χ3n) is 8.35. The molecule has 4 nitrogen and oxygen atoms in total. The van der Waals surface area contributed by atoms with Crippen LogP contribution < -0.4 is 5.32 Å². The van der Waals surface area contributed by atoms with Crippen LogP contribution in [0.25, 0.3) is 53.2 Å². The van der Waals surface area contributed by atoms with E-state index in [9.17, 15) is 0 Å². The molecule has 0 saturated carbocycles. The predicted octanol–water partition coefficient (Wildman–Crippen LogP) is 10.1. The Hall–Kier alpha value is -5.52. The molecule has 0 radical (unpaired) electrons. The SMILES string of the molecule is c1ccc(C2=NC(c3cccc4c3oc3ccccc34)N=C(c3ccc4sc5ccc(-c6ccccc6)cc5c4c3)N2)cc1. The maximum absolute atomic E-state index is 6.40. The summed E-state index contributed by atoms with van der Waals surface area (Å²) in [5.74, 6) is 1.58. The molecule has 1 atom stereocenters. The van der Waals surface area contributed by atoms with Crippen molar-refractivity contribution in [2.75, 3.05) is 0 Å². The van der Waals surface area contributed by atoms with Gasteiger partial charge in [-0.15, -0.1) is 11.3 Å². The Morgan fingerprint density at radius 3 is 1.89 bits per heavy atom. The zero-order valence-electron chi connectivity index (χ0n) is 23.6. The molecule has 6 aromatic carbocycles. The van der Waals surface area contributed by atoms with Crippen molar-refractivity contribution in [2.45, 2.75) is 6.17 Å². The van der Waals surface area contributed by atoms with E-state index in [4.69, 9.17) is 14.4 Å². The van der Waals surface area contributed by atoms with E-state index in [0.717, 1.165) is 50.3 Å². The third kappa shape index (κ3) is 4.13. The molecule has 1 N–H and O–H groups in total. The first-order valence-corrected chi connectivity index (χ1v) is 15.5. The normalized spacial score (nSPS) is 15.0. The highest BCUT2D eigenvalue weighted by Gasteiger charge is 2.24. The molecule has 0 spiro atoms. The van der Waals surface area contributed by atoms with Gasteiger partial charge < -0.3 is 9.73 Å². The first-order valence-electron chi connectivity index (χ1n) is 14.7. The maximum atomic E-state index is 6.40. The number of rotatable bonds is 4.